The van der Waals surface area contributed by atoms with Crippen LogP contribution in [0.15, 0.2) is 18.2 Å². The van der Waals surface area contributed by atoms with Gasteiger partial charge in [0.25, 0.3) is 5.91 Å². The fourth-order valence-electron chi connectivity index (χ4n) is 1.91. The summed E-state index contributed by atoms with van der Waals surface area (Å²) in [5.41, 5.74) is 2.63. The fourth-order valence-corrected chi connectivity index (χ4v) is 2.58. The molecule has 1 aromatic carbocycles. The van der Waals surface area contributed by atoms with Gasteiger partial charge in [0.1, 0.15) is 5.01 Å². The maximum Gasteiger partial charge on any atom is 0.257 e. The van der Waals surface area contributed by atoms with Crippen LogP contribution < -0.4 is 10.6 Å². The van der Waals surface area contributed by atoms with Gasteiger partial charge in [0.15, 0.2) is 0 Å². The first-order chi connectivity index (χ1) is 10.1. The van der Waals surface area contributed by atoms with Crippen molar-refractivity contribution in [3.05, 3.63) is 34.3 Å². The van der Waals surface area contributed by atoms with Crippen molar-refractivity contribution in [3.8, 4) is 0 Å². The van der Waals surface area contributed by atoms with Crippen molar-refractivity contribution < 1.29 is 4.79 Å². The van der Waals surface area contributed by atoms with Crippen molar-refractivity contribution in [2.75, 3.05) is 17.2 Å². The average molecular weight is 304 g/mol. The zero-order valence-electron chi connectivity index (χ0n) is 12.6. The molecule has 0 radical (unpaired) electrons. The maximum absolute atomic E-state index is 12.3. The number of rotatable bonds is 6. The molecule has 6 heteroatoms. The van der Waals surface area contributed by atoms with Gasteiger partial charge in [0.2, 0.25) is 5.13 Å². The number of amides is 1. The Morgan fingerprint density at radius 3 is 2.71 bits per heavy atom. The van der Waals surface area contributed by atoms with Crippen LogP contribution in [0, 0.1) is 6.92 Å². The van der Waals surface area contributed by atoms with E-state index < -0.39 is 0 Å². The Kier molecular flexibility index (Phi) is 5.27. The van der Waals surface area contributed by atoms with Crippen molar-refractivity contribution in [1.29, 1.82) is 0 Å². The van der Waals surface area contributed by atoms with Gasteiger partial charge in [-0.1, -0.05) is 25.2 Å². The number of aromatic nitrogens is 2. The second-order valence-electron chi connectivity index (χ2n) is 4.77. The second-order valence-corrected chi connectivity index (χ2v) is 5.83. The van der Waals surface area contributed by atoms with Crippen LogP contribution >= 0.6 is 11.3 Å². The normalized spacial score (nSPS) is 10.4. The van der Waals surface area contributed by atoms with Gasteiger partial charge in [-0.15, -0.1) is 10.2 Å². The highest BCUT2D eigenvalue weighted by atomic mass is 32.1. The minimum atomic E-state index is -0.145. The summed E-state index contributed by atoms with van der Waals surface area (Å²) in [7, 11) is 0. The number of nitrogens with zero attached hydrogens (tertiary/aromatic N) is 2. The third-order valence-electron chi connectivity index (χ3n) is 3.04. The lowest BCUT2D eigenvalue weighted by Crippen LogP contribution is -2.13. The van der Waals surface area contributed by atoms with E-state index in [1.807, 2.05) is 32.0 Å². The highest BCUT2D eigenvalue weighted by Gasteiger charge is 2.12. The Hall–Kier alpha value is -1.95. The molecule has 1 aromatic heterocycles. The van der Waals surface area contributed by atoms with E-state index >= 15 is 0 Å². The fraction of sp³-hybridized carbons (Fsp3) is 0.400. The number of aryl methyl sites for hydroxylation is 2. The summed E-state index contributed by atoms with van der Waals surface area (Å²) in [4.78, 5) is 12.3. The molecule has 0 aliphatic heterocycles. The second kappa shape index (κ2) is 7.17. The van der Waals surface area contributed by atoms with Crippen LogP contribution in [0.2, 0.25) is 0 Å². The molecule has 0 spiro atoms. The molecule has 0 saturated heterocycles. The monoisotopic (exact) mass is 304 g/mol. The maximum atomic E-state index is 12.3. The molecular weight excluding hydrogens is 284 g/mol. The predicted octanol–water partition coefficient (Wildman–Crippen LogP) is 3.48. The molecular formula is C15H20N4OS. The standard InChI is InChI=1S/C15H20N4OS/c1-4-8-16-11-6-7-12(10(3)9-11)14(20)17-15-19-18-13(5-2)21-15/h6-7,9,16H,4-5,8H2,1-3H3,(H,17,19,20). The molecule has 0 aliphatic carbocycles. The van der Waals surface area contributed by atoms with E-state index in [0.717, 1.165) is 35.6 Å². The first kappa shape index (κ1) is 15.4. The molecule has 0 bridgehead atoms. The minimum absolute atomic E-state index is 0.145. The number of carbonyl (C=O) groups excluding carboxylic acids is 1. The van der Waals surface area contributed by atoms with Crippen molar-refractivity contribution in [1.82, 2.24) is 10.2 Å². The summed E-state index contributed by atoms with van der Waals surface area (Å²) in [6.45, 7) is 6.99. The Morgan fingerprint density at radius 1 is 1.29 bits per heavy atom. The summed E-state index contributed by atoms with van der Waals surface area (Å²) in [5, 5.41) is 15.5. The van der Waals surface area contributed by atoms with E-state index in [-0.39, 0.29) is 5.91 Å². The zero-order valence-corrected chi connectivity index (χ0v) is 13.4. The number of carbonyl (C=O) groups is 1. The first-order valence-corrected chi connectivity index (χ1v) is 7.94. The molecule has 2 aromatic rings. The van der Waals surface area contributed by atoms with Crippen LogP contribution in [0.1, 0.15) is 41.2 Å². The van der Waals surface area contributed by atoms with Crippen LogP contribution in [-0.4, -0.2) is 22.6 Å². The van der Waals surface area contributed by atoms with E-state index in [4.69, 9.17) is 0 Å². The average Bonchev–Trinajstić information content (AvgIpc) is 2.92. The number of nitrogens with one attached hydrogen (secondary N) is 2. The van der Waals surface area contributed by atoms with Gasteiger partial charge in [0.05, 0.1) is 0 Å². The highest BCUT2D eigenvalue weighted by Crippen LogP contribution is 2.19. The molecule has 2 rings (SSSR count). The summed E-state index contributed by atoms with van der Waals surface area (Å²) < 4.78 is 0. The number of hydrogen-bond donors (Lipinski definition) is 2. The van der Waals surface area contributed by atoms with Crippen LogP contribution in [0.25, 0.3) is 0 Å². The van der Waals surface area contributed by atoms with Crippen LogP contribution in [0.3, 0.4) is 0 Å². The topological polar surface area (TPSA) is 66.9 Å². The van der Waals surface area contributed by atoms with Crippen LogP contribution in [0.5, 0.6) is 0 Å². The molecule has 0 saturated carbocycles. The third kappa shape index (κ3) is 4.01. The molecule has 5 nitrogen and oxygen atoms in total. The molecule has 1 heterocycles. The van der Waals surface area contributed by atoms with Gasteiger partial charge >= 0.3 is 0 Å². The molecule has 0 unspecified atom stereocenters. The molecule has 0 fully saturated rings. The Balaban J connectivity index is 2.08. The summed E-state index contributed by atoms with van der Waals surface area (Å²) in [5.74, 6) is -0.145. The lowest BCUT2D eigenvalue weighted by molar-refractivity contribution is 0.102. The Morgan fingerprint density at radius 2 is 2.10 bits per heavy atom. The van der Waals surface area contributed by atoms with Gasteiger partial charge in [-0.05, 0) is 43.5 Å². The van der Waals surface area contributed by atoms with Crippen molar-refractivity contribution in [3.63, 3.8) is 0 Å². The van der Waals surface area contributed by atoms with E-state index in [0.29, 0.717) is 10.7 Å². The van der Waals surface area contributed by atoms with Gasteiger partial charge in [-0.2, -0.15) is 0 Å². The first-order valence-electron chi connectivity index (χ1n) is 7.12. The van der Waals surface area contributed by atoms with Gasteiger partial charge < -0.3 is 5.32 Å². The van der Waals surface area contributed by atoms with Crippen molar-refractivity contribution in [2.45, 2.75) is 33.6 Å². The summed E-state index contributed by atoms with van der Waals surface area (Å²) in [6.07, 6.45) is 1.89. The number of hydrogen-bond acceptors (Lipinski definition) is 5. The van der Waals surface area contributed by atoms with Gasteiger partial charge in [0, 0.05) is 17.8 Å². The summed E-state index contributed by atoms with van der Waals surface area (Å²) >= 11 is 1.41. The molecule has 2 N–H and O–H groups in total. The number of benzene rings is 1. The quantitative estimate of drug-likeness (QED) is 0.857. The molecule has 0 aliphatic rings. The van der Waals surface area contributed by atoms with Crippen molar-refractivity contribution in [2.24, 2.45) is 0 Å². The van der Waals surface area contributed by atoms with Crippen molar-refractivity contribution >= 4 is 28.1 Å². The highest BCUT2D eigenvalue weighted by molar-refractivity contribution is 7.15. The molecule has 112 valence electrons. The SMILES string of the molecule is CCCNc1ccc(C(=O)Nc2nnc(CC)s2)c(C)c1. The summed E-state index contributed by atoms with van der Waals surface area (Å²) in [6, 6.07) is 5.75. The minimum Gasteiger partial charge on any atom is -0.385 e. The number of anilines is 2. The predicted molar refractivity (Wildman–Crippen MR) is 87.2 cm³/mol. The van der Waals surface area contributed by atoms with Crippen LogP contribution in [0.4, 0.5) is 10.8 Å². The van der Waals surface area contributed by atoms with E-state index in [2.05, 4.69) is 27.8 Å². The Bertz CT molecular complexity index is 624. The third-order valence-corrected chi connectivity index (χ3v) is 4.02. The van der Waals surface area contributed by atoms with E-state index in [1.165, 1.54) is 11.3 Å². The molecule has 0 atom stereocenters. The lowest BCUT2D eigenvalue weighted by atomic mass is 10.1. The van der Waals surface area contributed by atoms with E-state index in [1.54, 1.807) is 0 Å². The molecule has 21 heavy (non-hydrogen) atoms. The van der Waals surface area contributed by atoms with Gasteiger partial charge in [-0.3, -0.25) is 10.1 Å². The zero-order chi connectivity index (χ0) is 15.2. The largest absolute Gasteiger partial charge is 0.385 e. The van der Waals surface area contributed by atoms with E-state index in [9.17, 15) is 4.79 Å². The lowest BCUT2D eigenvalue weighted by Gasteiger charge is -2.09. The molecule has 1 amide bonds. The smallest absolute Gasteiger partial charge is 0.257 e. The Labute approximate surface area is 128 Å². The van der Waals surface area contributed by atoms with Gasteiger partial charge in [-0.25, -0.2) is 0 Å². The van der Waals surface area contributed by atoms with Crippen LogP contribution in [-0.2, 0) is 6.42 Å².